The molecule has 1 N–H and O–H groups in total. The second kappa shape index (κ2) is 8.65. The van der Waals surface area contributed by atoms with Gasteiger partial charge in [0.25, 0.3) is 0 Å². The molecule has 0 fully saturated rings. The standard InChI is InChI=1S/C19H16FN5O2S/c1-28(27)18-14(12-21)17(13-6-2-3-7-15(13)20)23-19(24-18)25(10-11-26)16-8-4-5-9-22-16/h2-9,26H,10-11H2,1H3. The highest BCUT2D eigenvalue weighted by Crippen LogP contribution is 2.30. The molecule has 2 aromatic heterocycles. The van der Waals surface area contributed by atoms with Crippen LogP contribution in [0.2, 0.25) is 0 Å². The van der Waals surface area contributed by atoms with E-state index in [-0.39, 0.29) is 40.9 Å². The largest absolute Gasteiger partial charge is 0.395 e. The molecule has 0 bridgehead atoms. The second-order valence-electron chi connectivity index (χ2n) is 5.66. The molecule has 28 heavy (non-hydrogen) atoms. The topological polar surface area (TPSA) is 103 Å². The lowest BCUT2D eigenvalue weighted by atomic mass is 10.1. The van der Waals surface area contributed by atoms with Gasteiger partial charge in [0.15, 0.2) is 5.03 Å². The lowest BCUT2D eigenvalue weighted by molar-refractivity contribution is 0.305. The van der Waals surface area contributed by atoms with Crippen LogP contribution in [0.5, 0.6) is 0 Å². The van der Waals surface area contributed by atoms with Gasteiger partial charge in [0.1, 0.15) is 23.3 Å². The molecule has 0 aliphatic heterocycles. The van der Waals surface area contributed by atoms with E-state index in [4.69, 9.17) is 0 Å². The molecule has 0 aliphatic rings. The van der Waals surface area contributed by atoms with Gasteiger partial charge in [0, 0.05) is 18.0 Å². The van der Waals surface area contributed by atoms with Crippen LogP contribution < -0.4 is 4.90 Å². The highest BCUT2D eigenvalue weighted by molar-refractivity contribution is 7.84. The molecule has 0 radical (unpaired) electrons. The van der Waals surface area contributed by atoms with Crippen molar-refractivity contribution in [3.05, 3.63) is 60.0 Å². The van der Waals surface area contributed by atoms with Crippen molar-refractivity contribution in [3.8, 4) is 17.3 Å². The van der Waals surface area contributed by atoms with Gasteiger partial charge in [-0.25, -0.2) is 19.3 Å². The van der Waals surface area contributed by atoms with Crippen molar-refractivity contribution in [1.29, 1.82) is 5.26 Å². The Labute approximate surface area is 163 Å². The van der Waals surface area contributed by atoms with Crippen LogP contribution in [0.1, 0.15) is 5.56 Å². The molecule has 3 rings (SSSR count). The Bertz CT molecular complexity index is 1060. The zero-order valence-corrected chi connectivity index (χ0v) is 15.7. The first-order valence-electron chi connectivity index (χ1n) is 8.26. The van der Waals surface area contributed by atoms with Crippen LogP contribution in [0.15, 0.2) is 53.7 Å². The van der Waals surface area contributed by atoms with Crippen molar-refractivity contribution < 1.29 is 13.7 Å². The van der Waals surface area contributed by atoms with Crippen molar-refractivity contribution in [1.82, 2.24) is 15.0 Å². The summed E-state index contributed by atoms with van der Waals surface area (Å²) in [5.41, 5.74) is 0.0775. The molecule has 1 unspecified atom stereocenters. The summed E-state index contributed by atoms with van der Waals surface area (Å²) >= 11 is 0. The van der Waals surface area contributed by atoms with Crippen LogP contribution in [0.4, 0.5) is 16.2 Å². The predicted molar refractivity (Wildman–Crippen MR) is 103 cm³/mol. The number of aliphatic hydroxyl groups excluding tert-OH is 1. The summed E-state index contributed by atoms with van der Waals surface area (Å²) in [7, 11) is -1.62. The van der Waals surface area contributed by atoms with Crippen molar-refractivity contribution in [2.24, 2.45) is 0 Å². The number of hydrogen-bond acceptors (Lipinski definition) is 7. The monoisotopic (exact) mass is 397 g/mol. The van der Waals surface area contributed by atoms with Gasteiger partial charge >= 0.3 is 0 Å². The van der Waals surface area contributed by atoms with E-state index in [1.807, 2.05) is 6.07 Å². The zero-order chi connectivity index (χ0) is 20.1. The lowest BCUT2D eigenvalue weighted by Crippen LogP contribution is -2.25. The fourth-order valence-corrected chi connectivity index (χ4v) is 3.28. The molecule has 0 aliphatic carbocycles. The van der Waals surface area contributed by atoms with Gasteiger partial charge in [-0.15, -0.1) is 0 Å². The number of nitriles is 1. The minimum Gasteiger partial charge on any atom is -0.395 e. The Kier molecular flexibility index (Phi) is 6.03. The van der Waals surface area contributed by atoms with Gasteiger partial charge in [-0.3, -0.25) is 9.11 Å². The summed E-state index contributed by atoms with van der Waals surface area (Å²) < 4.78 is 26.7. The predicted octanol–water partition coefficient (Wildman–Crippen LogP) is 2.42. The van der Waals surface area contributed by atoms with E-state index in [0.717, 1.165) is 0 Å². The molecule has 2 heterocycles. The van der Waals surface area contributed by atoms with E-state index < -0.39 is 16.6 Å². The van der Waals surface area contributed by atoms with Crippen molar-refractivity contribution in [3.63, 3.8) is 0 Å². The van der Waals surface area contributed by atoms with Crippen molar-refractivity contribution >= 4 is 22.6 Å². The average Bonchev–Trinajstić information content (AvgIpc) is 2.72. The number of hydrogen-bond donors (Lipinski definition) is 1. The molecule has 0 saturated heterocycles. The number of aromatic nitrogens is 3. The number of halogens is 1. The Morgan fingerprint density at radius 2 is 1.96 bits per heavy atom. The normalized spacial score (nSPS) is 11.6. The van der Waals surface area contributed by atoms with Crippen molar-refractivity contribution in [2.45, 2.75) is 5.03 Å². The Morgan fingerprint density at radius 3 is 2.57 bits per heavy atom. The van der Waals surface area contributed by atoms with E-state index >= 15 is 0 Å². The molecule has 0 saturated carbocycles. The molecule has 1 aromatic carbocycles. The number of nitrogens with zero attached hydrogens (tertiary/aromatic N) is 5. The van der Waals surface area contributed by atoms with E-state index in [9.17, 15) is 19.0 Å². The van der Waals surface area contributed by atoms with E-state index in [1.54, 1.807) is 30.5 Å². The van der Waals surface area contributed by atoms with Crippen LogP contribution in [0.25, 0.3) is 11.3 Å². The number of pyridine rings is 1. The molecule has 9 heteroatoms. The number of aliphatic hydroxyl groups is 1. The first kappa shape index (κ1) is 19.5. The van der Waals surface area contributed by atoms with Gasteiger partial charge in [0.05, 0.1) is 29.6 Å². The molecular formula is C19H16FN5O2S. The summed E-state index contributed by atoms with van der Waals surface area (Å²) in [6.07, 6.45) is 2.95. The van der Waals surface area contributed by atoms with Gasteiger partial charge in [-0.1, -0.05) is 18.2 Å². The summed E-state index contributed by atoms with van der Waals surface area (Å²) in [6.45, 7) is -0.116. The summed E-state index contributed by atoms with van der Waals surface area (Å²) in [4.78, 5) is 14.4. The zero-order valence-electron chi connectivity index (χ0n) is 14.9. The molecule has 0 spiro atoms. The third kappa shape index (κ3) is 3.88. The molecule has 1 atom stereocenters. The average molecular weight is 397 g/mol. The summed E-state index contributed by atoms with van der Waals surface area (Å²) in [5, 5.41) is 19.1. The second-order valence-corrected chi connectivity index (χ2v) is 6.96. The smallest absolute Gasteiger partial charge is 0.232 e. The highest BCUT2D eigenvalue weighted by atomic mass is 32.2. The Morgan fingerprint density at radius 1 is 1.21 bits per heavy atom. The lowest BCUT2D eigenvalue weighted by Gasteiger charge is -2.22. The van der Waals surface area contributed by atoms with Crippen LogP contribution in [-0.2, 0) is 10.8 Å². The van der Waals surface area contributed by atoms with E-state index in [2.05, 4.69) is 15.0 Å². The summed E-state index contributed by atoms with van der Waals surface area (Å²) in [5.74, 6) is -0.0493. The third-order valence-corrected chi connectivity index (χ3v) is 4.71. The van der Waals surface area contributed by atoms with Crippen LogP contribution in [-0.4, -0.2) is 43.7 Å². The quantitative estimate of drug-likeness (QED) is 0.637. The molecule has 3 aromatic rings. The Balaban J connectivity index is 2.29. The minimum atomic E-state index is -1.62. The summed E-state index contributed by atoms with van der Waals surface area (Å²) in [6, 6.07) is 13.0. The van der Waals surface area contributed by atoms with Gasteiger partial charge in [-0.05, 0) is 24.3 Å². The highest BCUT2D eigenvalue weighted by Gasteiger charge is 2.23. The van der Waals surface area contributed by atoms with E-state index in [0.29, 0.717) is 5.82 Å². The first-order valence-corrected chi connectivity index (χ1v) is 9.82. The number of anilines is 2. The maximum atomic E-state index is 14.4. The van der Waals surface area contributed by atoms with Gasteiger partial charge in [-0.2, -0.15) is 5.26 Å². The third-order valence-electron chi connectivity index (χ3n) is 3.87. The van der Waals surface area contributed by atoms with Crippen LogP contribution in [0, 0.1) is 17.1 Å². The SMILES string of the molecule is CS(=O)c1nc(N(CCO)c2ccccn2)nc(-c2ccccc2F)c1C#N. The fourth-order valence-electron chi connectivity index (χ4n) is 2.64. The Hall–Kier alpha value is -3.22. The maximum Gasteiger partial charge on any atom is 0.232 e. The minimum absolute atomic E-state index is 0.00961. The number of rotatable bonds is 6. The van der Waals surface area contributed by atoms with Crippen molar-refractivity contribution in [2.75, 3.05) is 24.3 Å². The van der Waals surface area contributed by atoms with E-state index in [1.165, 1.54) is 29.4 Å². The fraction of sp³-hybridized carbons (Fsp3) is 0.158. The van der Waals surface area contributed by atoms with Gasteiger partial charge in [0.2, 0.25) is 5.95 Å². The van der Waals surface area contributed by atoms with Gasteiger partial charge < -0.3 is 5.11 Å². The van der Waals surface area contributed by atoms with Crippen LogP contribution >= 0.6 is 0 Å². The first-order chi connectivity index (χ1) is 13.6. The van der Waals surface area contributed by atoms with Crippen LogP contribution in [0.3, 0.4) is 0 Å². The maximum absolute atomic E-state index is 14.4. The molecule has 0 amide bonds. The number of benzene rings is 1. The molecule has 142 valence electrons. The molecular weight excluding hydrogens is 381 g/mol. The molecule has 7 nitrogen and oxygen atoms in total.